The van der Waals surface area contributed by atoms with E-state index in [-0.39, 0.29) is 30.7 Å². The van der Waals surface area contributed by atoms with Gasteiger partial charge in [-0.15, -0.1) is 24.8 Å². The lowest BCUT2D eigenvalue weighted by Crippen LogP contribution is -2.28. The molecule has 0 saturated carbocycles. The molecule has 0 aromatic heterocycles. The first-order valence-electron chi connectivity index (χ1n) is 4.40. The highest BCUT2D eigenvalue weighted by Crippen LogP contribution is 2.10. The molecule has 0 unspecified atom stereocenters. The Hall–Kier alpha value is -0.970. The van der Waals surface area contributed by atoms with Crippen molar-refractivity contribution in [3.63, 3.8) is 0 Å². The lowest BCUT2D eigenvalue weighted by Gasteiger charge is -2.04. The summed E-state index contributed by atoms with van der Waals surface area (Å²) in [4.78, 5) is 11.4. The summed E-state index contributed by atoms with van der Waals surface area (Å²) >= 11 is 0. The van der Waals surface area contributed by atoms with Crippen molar-refractivity contribution in [2.24, 2.45) is 5.73 Å². The second-order valence-electron chi connectivity index (χ2n) is 2.77. The molecule has 0 fully saturated rings. The molecule has 0 aliphatic heterocycles. The van der Waals surface area contributed by atoms with E-state index < -0.39 is 0 Å². The van der Waals surface area contributed by atoms with Gasteiger partial charge in [-0.3, -0.25) is 4.79 Å². The van der Waals surface area contributed by atoms with Crippen LogP contribution in [0.3, 0.4) is 0 Å². The van der Waals surface area contributed by atoms with E-state index in [1.165, 1.54) is 0 Å². The molecule has 1 amide bonds. The minimum atomic E-state index is -0.113. The van der Waals surface area contributed by atoms with E-state index >= 15 is 0 Å². The van der Waals surface area contributed by atoms with E-state index in [1.54, 1.807) is 31.4 Å². The molecule has 3 N–H and O–H groups in total. The third kappa shape index (κ3) is 5.21. The average Bonchev–Trinajstić information content (AvgIpc) is 2.26. The van der Waals surface area contributed by atoms with E-state index in [2.05, 4.69) is 5.32 Å². The van der Waals surface area contributed by atoms with Crippen LogP contribution in [-0.2, 0) is 0 Å². The zero-order valence-corrected chi connectivity index (χ0v) is 10.6. The predicted octanol–water partition coefficient (Wildman–Crippen LogP) is 1.23. The summed E-state index contributed by atoms with van der Waals surface area (Å²) in [5, 5.41) is 2.68. The van der Waals surface area contributed by atoms with Gasteiger partial charge in [-0.1, -0.05) is 0 Å². The van der Waals surface area contributed by atoms with Crippen LogP contribution in [0.5, 0.6) is 5.75 Å². The number of nitrogens with two attached hydrogens (primary N) is 1. The number of rotatable bonds is 4. The Morgan fingerprint density at radius 3 is 2.31 bits per heavy atom. The van der Waals surface area contributed by atoms with Crippen LogP contribution in [-0.4, -0.2) is 26.1 Å². The van der Waals surface area contributed by atoms with Crippen molar-refractivity contribution in [2.45, 2.75) is 0 Å². The number of carbonyl (C=O) groups excluding carboxylic acids is 1. The zero-order chi connectivity index (χ0) is 10.4. The Bertz CT molecular complexity index is 304. The normalized spacial score (nSPS) is 8.38. The molecule has 0 aliphatic carbocycles. The van der Waals surface area contributed by atoms with Gasteiger partial charge in [0.05, 0.1) is 7.11 Å². The lowest BCUT2D eigenvalue weighted by atomic mass is 10.2. The molecule has 0 atom stereocenters. The fourth-order valence-corrected chi connectivity index (χ4v) is 1.03. The summed E-state index contributed by atoms with van der Waals surface area (Å²) in [6.07, 6.45) is 0. The van der Waals surface area contributed by atoms with Gasteiger partial charge in [-0.05, 0) is 24.3 Å². The summed E-state index contributed by atoms with van der Waals surface area (Å²) in [5.41, 5.74) is 5.88. The Kier molecular flexibility index (Phi) is 10.1. The summed E-state index contributed by atoms with van der Waals surface area (Å²) in [6, 6.07) is 6.92. The molecule has 1 aromatic carbocycles. The van der Waals surface area contributed by atoms with Crippen molar-refractivity contribution < 1.29 is 9.53 Å². The maximum Gasteiger partial charge on any atom is 0.251 e. The average molecular weight is 267 g/mol. The van der Waals surface area contributed by atoms with Crippen LogP contribution in [0.2, 0.25) is 0 Å². The van der Waals surface area contributed by atoms with Crippen LogP contribution in [0.1, 0.15) is 10.4 Å². The summed E-state index contributed by atoms with van der Waals surface area (Å²) < 4.78 is 4.98. The number of halogens is 2. The Balaban J connectivity index is 0. The number of benzene rings is 1. The molecular weight excluding hydrogens is 251 g/mol. The topological polar surface area (TPSA) is 64.3 Å². The van der Waals surface area contributed by atoms with E-state index in [4.69, 9.17) is 10.5 Å². The molecule has 0 saturated heterocycles. The van der Waals surface area contributed by atoms with Gasteiger partial charge in [0.2, 0.25) is 0 Å². The van der Waals surface area contributed by atoms with Gasteiger partial charge >= 0.3 is 0 Å². The molecular formula is C10H16Cl2N2O2. The number of amides is 1. The van der Waals surface area contributed by atoms with E-state index in [0.717, 1.165) is 5.75 Å². The highest BCUT2D eigenvalue weighted by molar-refractivity contribution is 5.94. The Morgan fingerprint density at radius 1 is 1.31 bits per heavy atom. The minimum Gasteiger partial charge on any atom is -0.497 e. The summed E-state index contributed by atoms with van der Waals surface area (Å²) in [7, 11) is 1.59. The van der Waals surface area contributed by atoms with Crippen molar-refractivity contribution in [3.05, 3.63) is 29.8 Å². The van der Waals surface area contributed by atoms with Gasteiger partial charge in [0, 0.05) is 18.7 Å². The molecule has 6 heteroatoms. The SMILES string of the molecule is COc1ccc(C(=O)NCCN)cc1.Cl.Cl. The zero-order valence-electron chi connectivity index (χ0n) is 8.93. The van der Waals surface area contributed by atoms with Gasteiger partial charge in [0.15, 0.2) is 0 Å². The molecule has 0 spiro atoms. The molecule has 4 nitrogen and oxygen atoms in total. The van der Waals surface area contributed by atoms with Crippen molar-refractivity contribution in [2.75, 3.05) is 20.2 Å². The Morgan fingerprint density at radius 2 is 1.88 bits per heavy atom. The van der Waals surface area contributed by atoms with Crippen molar-refractivity contribution in [1.82, 2.24) is 5.32 Å². The fourth-order valence-electron chi connectivity index (χ4n) is 1.03. The Labute approximate surface area is 107 Å². The second-order valence-corrected chi connectivity index (χ2v) is 2.77. The lowest BCUT2D eigenvalue weighted by molar-refractivity contribution is 0.0954. The fraction of sp³-hybridized carbons (Fsp3) is 0.300. The number of carbonyl (C=O) groups is 1. The van der Waals surface area contributed by atoms with Crippen molar-refractivity contribution in [3.8, 4) is 5.75 Å². The summed E-state index contributed by atoms with van der Waals surface area (Å²) in [6.45, 7) is 0.937. The van der Waals surface area contributed by atoms with Crippen molar-refractivity contribution in [1.29, 1.82) is 0 Å². The third-order valence-corrected chi connectivity index (χ3v) is 1.78. The van der Waals surface area contributed by atoms with Crippen LogP contribution < -0.4 is 15.8 Å². The van der Waals surface area contributed by atoms with Crippen LogP contribution >= 0.6 is 24.8 Å². The maximum absolute atomic E-state index is 11.4. The van der Waals surface area contributed by atoms with Gasteiger partial charge < -0.3 is 15.8 Å². The smallest absolute Gasteiger partial charge is 0.251 e. The van der Waals surface area contributed by atoms with Crippen LogP contribution in [0.25, 0.3) is 0 Å². The first-order chi connectivity index (χ1) is 6.77. The monoisotopic (exact) mass is 266 g/mol. The molecule has 0 aliphatic rings. The van der Waals surface area contributed by atoms with Gasteiger partial charge in [-0.25, -0.2) is 0 Å². The predicted molar refractivity (Wildman–Crippen MR) is 68.9 cm³/mol. The van der Waals surface area contributed by atoms with Gasteiger partial charge in [0.25, 0.3) is 5.91 Å². The van der Waals surface area contributed by atoms with E-state index in [1.807, 2.05) is 0 Å². The number of hydrogen-bond donors (Lipinski definition) is 2. The molecule has 0 radical (unpaired) electrons. The van der Waals surface area contributed by atoms with Crippen LogP contribution in [0.15, 0.2) is 24.3 Å². The molecule has 1 rings (SSSR count). The highest BCUT2D eigenvalue weighted by Gasteiger charge is 2.03. The molecule has 0 bridgehead atoms. The van der Waals surface area contributed by atoms with Gasteiger partial charge in [0.1, 0.15) is 5.75 Å². The first kappa shape index (κ1) is 17.4. The third-order valence-electron chi connectivity index (χ3n) is 1.78. The van der Waals surface area contributed by atoms with Crippen molar-refractivity contribution >= 4 is 30.7 Å². The maximum atomic E-state index is 11.4. The van der Waals surface area contributed by atoms with E-state index in [0.29, 0.717) is 18.7 Å². The number of methoxy groups -OCH3 is 1. The quantitative estimate of drug-likeness (QED) is 0.862. The molecule has 1 aromatic rings. The van der Waals surface area contributed by atoms with Crippen LogP contribution in [0, 0.1) is 0 Å². The molecule has 92 valence electrons. The largest absolute Gasteiger partial charge is 0.497 e. The van der Waals surface area contributed by atoms with Crippen LogP contribution in [0.4, 0.5) is 0 Å². The molecule has 0 heterocycles. The summed E-state index contributed by atoms with van der Waals surface area (Å²) in [5.74, 6) is 0.624. The second kappa shape index (κ2) is 9.27. The highest BCUT2D eigenvalue weighted by atomic mass is 35.5. The number of hydrogen-bond acceptors (Lipinski definition) is 3. The molecule has 16 heavy (non-hydrogen) atoms. The van der Waals surface area contributed by atoms with E-state index in [9.17, 15) is 4.79 Å². The van der Waals surface area contributed by atoms with Gasteiger partial charge in [-0.2, -0.15) is 0 Å². The first-order valence-corrected chi connectivity index (χ1v) is 4.40. The standard InChI is InChI=1S/C10H14N2O2.2ClH/c1-14-9-4-2-8(3-5-9)10(13)12-7-6-11;;/h2-5H,6-7,11H2,1H3,(H,12,13);2*1H. The number of ether oxygens (including phenoxy) is 1. The number of nitrogens with one attached hydrogen (secondary N) is 1. The minimum absolute atomic E-state index is 0.